The summed E-state index contributed by atoms with van der Waals surface area (Å²) >= 11 is 0. The molecule has 23 heavy (non-hydrogen) atoms. The molecule has 6 heteroatoms. The lowest BCUT2D eigenvalue weighted by atomic mass is 9.92. The number of aliphatic hydroxyl groups is 1. The van der Waals surface area contributed by atoms with Crippen molar-refractivity contribution >= 4 is 5.91 Å². The summed E-state index contributed by atoms with van der Waals surface area (Å²) in [4.78, 5) is 12.1. The quantitative estimate of drug-likeness (QED) is 0.886. The Labute approximate surface area is 133 Å². The highest BCUT2D eigenvalue weighted by Crippen LogP contribution is 2.31. The monoisotopic (exact) mass is 329 g/mol. The summed E-state index contributed by atoms with van der Waals surface area (Å²) in [5.41, 5.74) is -0.183. The number of hydrogen-bond acceptors (Lipinski definition) is 2. The Balaban J connectivity index is 1.91. The molecule has 3 nitrogen and oxygen atoms in total. The number of nitrogens with one attached hydrogen (secondary N) is 1. The topological polar surface area (TPSA) is 49.3 Å². The first kappa shape index (κ1) is 17.8. The van der Waals surface area contributed by atoms with Gasteiger partial charge in [0, 0.05) is 12.5 Å². The summed E-state index contributed by atoms with van der Waals surface area (Å²) in [5, 5.41) is 12.4. The Bertz CT molecular complexity index is 537. The summed E-state index contributed by atoms with van der Waals surface area (Å²) in [6, 6.07) is 5.18. The van der Waals surface area contributed by atoms with Crippen LogP contribution in [-0.4, -0.2) is 23.2 Å². The Kier molecular flexibility index (Phi) is 5.68. The standard InChI is InChI=1S/C17H22F3NO2/c1-11(12-3-2-4-13(10-12)17(18,19)20)9-16(23)21-14-5-7-15(22)8-6-14/h2-4,10-11,14-15,22H,5-9H2,1H3,(H,21,23). The predicted molar refractivity (Wildman–Crippen MR) is 80.9 cm³/mol. The Hall–Kier alpha value is -1.56. The molecule has 1 atom stereocenters. The second kappa shape index (κ2) is 7.34. The molecule has 1 aliphatic rings. The van der Waals surface area contributed by atoms with Crippen molar-refractivity contribution < 1.29 is 23.1 Å². The van der Waals surface area contributed by atoms with Crippen LogP contribution >= 0.6 is 0 Å². The highest BCUT2D eigenvalue weighted by molar-refractivity contribution is 5.77. The molecule has 2 N–H and O–H groups in total. The van der Waals surface area contributed by atoms with Gasteiger partial charge in [0.05, 0.1) is 11.7 Å². The van der Waals surface area contributed by atoms with Crippen LogP contribution < -0.4 is 5.32 Å². The molecule has 1 aliphatic carbocycles. The molecule has 0 heterocycles. The fourth-order valence-electron chi connectivity index (χ4n) is 2.92. The lowest BCUT2D eigenvalue weighted by Gasteiger charge is -2.26. The highest BCUT2D eigenvalue weighted by atomic mass is 19.4. The number of carbonyl (C=O) groups is 1. The lowest BCUT2D eigenvalue weighted by Crippen LogP contribution is -2.38. The molecule has 0 spiro atoms. The van der Waals surface area contributed by atoms with E-state index in [1.807, 2.05) is 0 Å². The number of alkyl halides is 3. The average Bonchev–Trinajstić information content (AvgIpc) is 2.49. The van der Waals surface area contributed by atoms with E-state index < -0.39 is 11.7 Å². The molecule has 0 radical (unpaired) electrons. The zero-order chi connectivity index (χ0) is 17.0. The van der Waals surface area contributed by atoms with Crippen molar-refractivity contribution in [2.75, 3.05) is 0 Å². The van der Waals surface area contributed by atoms with Crippen molar-refractivity contribution in [1.29, 1.82) is 0 Å². The van der Waals surface area contributed by atoms with E-state index in [0.717, 1.165) is 25.0 Å². The van der Waals surface area contributed by atoms with Gasteiger partial charge in [0.2, 0.25) is 5.91 Å². The van der Waals surface area contributed by atoms with Crippen LogP contribution in [0.3, 0.4) is 0 Å². The SMILES string of the molecule is CC(CC(=O)NC1CCC(O)CC1)c1cccc(C(F)(F)F)c1. The van der Waals surface area contributed by atoms with Gasteiger partial charge in [-0.3, -0.25) is 4.79 Å². The van der Waals surface area contributed by atoms with Gasteiger partial charge < -0.3 is 10.4 Å². The first-order valence-electron chi connectivity index (χ1n) is 7.90. The fourth-order valence-corrected chi connectivity index (χ4v) is 2.92. The van der Waals surface area contributed by atoms with Gasteiger partial charge in [0.15, 0.2) is 0 Å². The molecule has 0 saturated heterocycles. The van der Waals surface area contributed by atoms with Gasteiger partial charge >= 0.3 is 6.18 Å². The van der Waals surface area contributed by atoms with Gasteiger partial charge in [-0.2, -0.15) is 13.2 Å². The van der Waals surface area contributed by atoms with Gasteiger partial charge in [0.1, 0.15) is 0 Å². The summed E-state index contributed by atoms with van der Waals surface area (Å²) in [7, 11) is 0. The van der Waals surface area contributed by atoms with E-state index in [2.05, 4.69) is 5.32 Å². The number of aliphatic hydroxyl groups excluding tert-OH is 1. The molecule has 1 unspecified atom stereocenters. The van der Waals surface area contributed by atoms with Crippen molar-refractivity contribution in [3.05, 3.63) is 35.4 Å². The van der Waals surface area contributed by atoms with E-state index in [-0.39, 0.29) is 30.4 Å². The number of amides is 1. The van der Waals surface area contributed by atoms with E-state index in [4.69, 9.17) is 0 Å². The van der Waals surface area contributed by atoms with Gasteiger partial charge in [-0.05, 0) is 43.2 Å². The van der Waals surface area contributed by atoms with Crippen molar-refractivity contribution in [3.63, 3.8) is 0 Å². The average molecular weight is 329 g/mol. The minimum Gasteiger partial charge on any atom is -0.393 e. The largest absolute Gasteiger partial charge is 0.416 e. The van der Waals surface area contributed by atoms with Crippen molar-refractivity contribution in [3.8, 4) is 0 Å². The maximum atomic E-state index is 12.7. The Morgan fingerprint density at radius 2 is 1.96 bits per heavy atom. The van der Waals surface area contributed by atoms with Gasteiger partial charge in [-0.1, -0.05) is 25.1 Å². The van der Waals surface area contributed by atoms with Crippen LogP contribution in [-0.2, 0) is 11.0 Å². The van der Waals surface area contributed by atoms with Crippen LogP contribution in [0.25, 0.3) is 0 Å². The maximum absolute atomic E-state index is 12.7. The summed E-state index contributed by atoms with van der Waals surface area (Å²) in [5.74, 6) is -0.442. The van der Waals surface area contributed by atoms with Gasteiger partial charge in [-0.15, -0.1) is 0 Å². The van der Waals surface area contributed by atoms with Crippen molar-refractivity contribution in [2.45, 2.75) is 63.3 Å². The third kappa shape index (κ3) is 5.23. The van der Waals surface area contributed by atoms with E-state index in [0.29, 0.717) is 18.4 Å². The lowest BCUT2D eigenvalue weighted by molar-refractivity contribution is -0.137. The molecular formula is C17H22F3NO2. The summed E-state index contributed by atoms with van der Waals surface area (Å²) < 4.78 is 38.2. The second-order valence-corrected chi connectivity index (χ2v) is 6.30. The predicted octanol–water partition coefficient (Wildman–Crippen LogP) is 3.62. The van der Waals surface area contributed by atoms with Crippen LogP contribution in [0.15, 0.2) is 24.3 Å². The van der Waals surface area contributed by atoms with Crippen LogP contribution in [0, 0.1) is 0 Å². The van der Waals surface area contributed by atoms with Crippen molar-refractivity contribution in [2.24, 2.45) is 0 Å². The van der Waals surface area contributed by atoms with Crippen LogP contribution in [0.4, 0.5) is 13.2 Å². The molecule has 1 amide bonds. The smallest absolute Gasteiger partial charge is 0.393 e. The third-order valence-corrected chi connectivity index (χ3v) is 4.34. The third-order valence-electron chi connectivity index (χ3n) is 4.34. The minimum atomic E-state index is -4.37. The van der Waals surface area contributed by atoms with E-state index in [1.165, 1.54) is 6.07 Å². The fraction of sp³-hybridized carbons (Fsp3) is 0.588. The number of halogens is 3. The van der Waals surface area contributed by atoms with Crippen LogP contribution in [0.5, 0.6) is 0 Å². The van der Waals surface area contributed by atoms with Crippen molar-refractivity contribution in [1.82, 2.24) is 5.32 Å². The Morgan fingerprint density at radius 3 is 2.57 bits per heavy atom. The summed E-state index contributed by atoms with van der Waals surface area (Å²) in [6.45, 7) is 1.75. The normalized spacial score (nSPS) is 23.3. The van der Waals surface area contributed by atoms with Crippen LogP contribution in [0.2, 0.25) is 0 Å². The van der Waals surface area contributed by atoms with Gasteiger partial charge in [0.25, 0.3) is 0 Å². The number of carbonyl (C=O) groups excluding carboxylic acids is 1. The first-order valence-corrected chi connectivity index (χ1v) is 7.90. The molecular weight excluding hydrogens is 307 g/mol. The van der Waals surface area contributed by atoms with Crippen LogP contribution in [0.1, 0.15) is 56.1 Å². The first-order chi connectivity index (χ1) is 10.8. The molecule has 1 aromatic rings. The number of benzene rings is 1. The maximum Gasteiger partial charge on any atom is 0.416 e. The van der Waals surface area contributed by atoms with Gasteiger partial charge in [-0.25, -0.2) is 0 Å². The van der Waals surface area contributed by atoms with E-state index in [9.17, 15) is 23.1 Å². The number of rotatable bonds is 4. The molecule has 0 bridgehead atoms. The zero-order valence-corrected chi connectivity index (χ0v) is 13.1. The Morgan fingerprint density at radius 1 is 1.30 bits per heavy atom. The summed E-state index contributed by atoms with van der Waals surface area (Å²) in [6.07, 6.45) is -1.67. The molecule has 1 saturated carbocycles. The van der Waals surface area contributed by atoms with E-state index >= 15 is 0 Å². The molecule has 2 rings (SSSR count). The molecule has 0 aromatic heterocycles. The second-order valence-electron chi connectivity index (χ2n) is 6.30. The molecule has 1 fully saturated rings. The highest BCUT2D eigenvalue weighted by Gasteiger charge is 2.31. The number of hydrogen-bond donors (Lipinski definition) is 2. The van der Waals surface area contributed by atoms with E-state index in [1.54, 1.807) is 13.0 Å². The minimum absolute atomic E-state index is 0.0552. The molecule has 1 aromatic carbocycles. The molecule has 128 valence electrons. The molecule has 0 aliphatic heterocycles. The zero-order valence-electron chi connectivity index (χ0n) is 13.1.